The van der Waals surface area contributed by atoms with Crippen molar-refractivity contribution in [1.82, 2.24) is 5.32 Å². The van der Waals surface area contributed by atoms with E-state index < -0.39 is 30.0 Å². The van der Waals surface area contributed by atoms with Crippen LogP contribution in [0.5, 0.6) is 5.75 Å². The van der Waals surface area contributed by atoms with Gasteiger partial charge in [-0.05, 0) is 78.6 Å². The van der Waals surface area contributed by atoms with Crippen molar-refractivity contribution in [2.75, 3.05) is 13.2 Å². The monoisotopic (exact) mass is 403 g/mol. The van der Waals surface area contributed by atoms with Gasteiger partial charge < -0.3 is 24.1 Å². The molecule has 6 nitrogen and oxygen atoms in total. The highest BCUT2D eigenvalue weighted by Crippen LogP contribution is 2.38. The van der Waals surface area contributed by atoms with E-state index in [1.54, 1.807) is 0 Å². The van der Waals surface area contributed by atoms with Gasteiger partial charge in [0, 0.05) is 6.54 Å². The number of amides is 1. The molecule has 0 aliphatic carbocycles. The van der Waals surface area contributed by atoms with Crippen molar-refractivity contribution in [2.24, 2.45) is 0 Å². The molecule has 1 N–H and O–H groups in total. The van der Waals surface area contributed by atoms with Crippen LogP contribution in [0.3, 0.4) is 0 Å². The van der Waals surface area contributed by atoms with Crippen LogP contribution in [0.4, 0.5) is 4.79 Å². The van der Waals surface area contributed by atoms with Gasteiger partial charge in [-0.2, -0.15) is 0 Å². The first kappa shape index (κ1) is 23.3. The Morgan fingerprint density at radius 1 is 1.10 bits per heavy atom. The van der Waals surface area contributed by atoms with Gasteiger partial charge >= 0.3 is 13.2 Å². The van der Waals surface area contributed by atoms with Gasteiger partial charge in [0.25, 0.3) is 0 Å². The molecule has 0 radical (unpaired) electrons. The lowest BCUT2D eigenvalue weighted by Crippen LogP contribution is -2.41. The minimum atomic E-state index is -0.568. The average Bonchev–Trinajstić information content (AvgIpc) is 2.79. The Bertz CT molecular complexity index is 719. The summed E-state index contributed by atoms with van der Waals surface area (Å²) in [4.78, 5) is 12.1. The van der Waals surface area contributed by atoms with Gasteiger partial charge in [0.15, 0.2) is 0 Å². The van der Waals surface area contributed by atoms with Gasteiger partial charge in [0.2, 0.25) is 0 Å². The zero-order valence-electron chi connectivity index (χ0n) is 18.9. The van der Waals surface area contributed by atoms with E-state index in [1.807, 2.05) is 85.7 Å². The van der Waals surface area contributed by atoms with E-state index >= 15 is 0 Å². The predicted molar refractivity (Wildman–Crippen MR) is 116 cm³/mol. The topological polar surface area (TPSA) is 66.0 Å². The summed E-state index contributed by atoms with van der Waals surface area (Å²) in [6.45, 7) is 16.3. The molecular weight excluding hydrogens is 369 g/mol. The van der Waals surface area contributed by atoms with Crippen molar-refractivity contribution in [2.45, 2.75) is 72.2 Å². The molecule has 7 heteroatoms. The Morgan fingerprint density at radius 2 is 1.66 bits per heavy atom. The standard InChI is InChI=1S/C22H34BNO5/c1-9-26-18-12-10-16(11-13-18)14-17(15-24-19(25)27-20(2,3)4)23-28-21(5,6)22(7,8)29-23/h10-14H,9,15H2,1-8H3,(H,24,25). The lowest BCUT2D eigenvalue weighted by molar-refractivity contribution is 0.00578. The first-order valence-corrected chi connectivity index (χ1v) is 10.1. The second-order valence-electron chi connectivity index (χ2n) is 9.16. The molecule has 1 heterocycles. The fourth-order valence-electron chi connectivity index (χ4n) is 2.73. The van der Waals surface area contributed by atoms with Crippen LogP contribution in [0.2, 0.25) is 0 Å². The zero-order chi connectivity index (χ0) is 21.9. The van der Waals surface area contributed by atoms with E-state index in [9.17, 15) is 4.79 Å². The first-order valence-electron chi connectivity index (χ1n) is 10.1. The van der Waals surface area contributed by atoms with E-state index in [0.717, 1.165) is 16.8 Å². The Kier molecular flexibility index (Phi) is 7.07. The summed E-state index contributed by atoms with van der Waals surface area (Å²) in [6, 6.07) is 7.75. The third-order valence-electron chi connectivity index (χ3n) is 4.93. The van der Waals surface area contributed by atoms with Crippen molar-refractivity contribution >= 4 is 19.3 Å². The van der Waals surface area contributed by atoms with Crippen molar-refractivity contribution in [3.8, 4) is 5.75 Å². The summed E-state index contributed by atoms with van der Waals surface area (Å²) >= 11 is 0. The highest BCUT2D eigenvalue weighted by molar-refractivity contribution is 6.56. The van der Waals surface area contributed by atoms with Crippen LogP contribution in [-0.4, -0.2) is 43.2 Å². The molecule has 0 bridgehead atoms. The van der Waals surface area contributed by atoms with Crippen LogP contribution >= 0.6 is 0 Å². The number of rotatable bonds is 6. The maximum absolute atomic E-state index is 12.1. The maximum atomic E-state index is 12.1. The summed E-state index contributed by atoms with van der Waals surface area (Å²) < 4.78 is 23.2. The molecule has 2 rings (SSSR count). The third kappa shape index (κ3) is 6.51. The summed E-state index contributed by atoms with van der Waals surface area (Å²) in [7, 11) is -0.568. The molecule has 1 fully saturated rings. The van der Waals surface area contributed by atoms with Gasteiger partial charge in [-0.3, -0.25) is 0 Å². The summed E-state index contributed by atoms with van der Waals surface area (Å²) in [6.07, 6.45) is 1.49. The molecule has 1 aromatic carbocycles. The van der Waals surface area contributed by atoms with Crippen LogP contribution in [-0.2, 0) is 14.0 Å². The molecule has 0 spiro atoms. The van der Waals surface area contributed by atoms with Crippen LogP contribution < -0.4 is 10.1 Å². The molecule has 1 amide bonds. The number of hydrogen-bond donors (Lipinski definition) is 1. The van der Waals surface area contributed by atoms with Crippen molar-refractivity contribution < 1.29 is 23.6 Å². The second-order valence-corrected chi connectivity index (χ2v) is 9.16. The number of benzene rings is 1. The quantitative estimate of drug-likeness (QED) is 0.702. The molecule has 1 aliphatic rings. The molecule has 160 valence electrons. The van der Waals surface area contributed by atoms with Crippen molar-refractivity contribution in [3.05, 3.63) is 35.3 Å². The molecule has 1 aliphatic heterocycles. The van der Waals surface area contributed by atoms with Gasteiger partial charge in [0.05, 0.1) is 17.8 Å². The van der Waals surface area contributed by atoms with Gasteiger partial charge in [0.1, 0.15) is 11.4 Å². The zero-order valence-corrected chi connectivity index (χ0v) is 18.9. The lowest BCUT2D eigenvalue weighted by Gasteiger charge is -2.32. The van der Waals surface area contributed by atoms with Crippen LogP contribution in [0.15, 0.2) is 29.7 Å². The summed E-state index contributed by atoms with van der Waals surface area (Å²) in [5.74, 6) is 0.814. The third-order valence-corrected chi connectivity index (χ3v) is 4.93. The first-order chi connectivity index (χ1) is 13.3. The molecule has 0 unspecified atom stereocenters. The highest BCUT2D eigenvalue weighted by atomic mass is 16.7. The summed E-state index contributed by atoms with van der Waals surface area (Å²) in [5, 5.41) is 2.81. The van der Waals surface area contributed by atoms with Crippen LogP contribution in [0.25, 0.3) is 6.08 Å². The van der Waals surface area contributed by atoms with Crippen LogP contribution in [0.1, 0.15) is 61.0 Å². The smallest absolute Gasteiger partial charge is 0.492 e. The molecule has 1 aromatic rings. The predicted octanol–water partition coefficient (Wildman–Crippen LogP) is 4.62. The van der Waals surface area contributed by atoms with Crippen molar-refractivity contribution in [3.63, 3.8) is 0 Å². The summed E-state index contributed by atoms with van der Waals surface area (Å²) in [5.41, 5.74) is 0.263. The average molecular weight is 403 g/mol. The fraction of sp³-hybridized carbons (Fsp3) is 0.591. The Hall–Kier alpha value is -1.99. The Balaban J connectivity index is 2.22. The molecular formula is C22H34BNO5. The number of alkyl carbamates (subject to hydrolysis) is 1. The largest absolute Gasteiger partial charge is 0.494 e. The lowest BCUT2D eigenvalue weighted by atomic mass is 9.77. The normalized spacial score (nSPS) is 18.5. The number of hydrogen-bond acceptors (Lipinski definition) is 5. The minimum Gasteiger partial charge on any atom is -0.494 e. The number of ether oxygens (including phenoxy) is 2. The second kappa shape index (κ2) is 8.80. The van der Waals surface area contributed by atoms with Gasteiger partial charge in [-0.15, -0.1) is 0 Å². The molecule has 29 heavy (non-hydrogen) atoms. The molecule has 0 saturated carbocycles. The van der Waals surface area contributed by atoms with E-state index in [-0.39, 0.29) is 6.54 Å². The maximum Gasteiger partial charge on any atom is 0.492 e. The Morgan fingerprint density at radius 3 is 2.14 bits per heavy atom. The van der Waals surface area contributed by atoms with Crippen LogP contribution in [0, 0.1) is 0 Å². The van der Waals surface area contributed by atoms with E-state index in [4.69, 9.17) is 18.8 Å². The number of carbonyl (C=O) groups excluding carboxylic acids is 1. The van der Waals surface area contributed by atoms with E-state index in [1.165, 1.54) is 0 Å². The molecule has 0 aromatic heterocycles. The van der Waals surface area contributed by atoms with E-state index in [0.29, 0.717) is 6.61 Å². The SMILES string of the molecule is CCOc1ccc(C=C(CNC(=O)OC(C)(C)C)B2OC(C)(C)C(C)(C)O2)cc1. The fourth-order valence-corrected chi connectivity index (χ4v) is 2.73. The highest BCUT2D eigenvalue weighted by Gasteiger charge is 2.52. The molecule has 0 atom stereocenters. The number of nitrogens with one attached hydrogen (secondary N) is 1. The Labute approximate surface area is 175 Å². The number of carbonyl (C=O) groups is 1. The van der Waals surface area contributed by atoms with Gasteiger partial charge in [-0.25, -0.2) is 4.79 Å². The van der Waals surface area contributed by atoms with E-state index in [2.05, 4.69) is 5.32 Å². The molecule has 1 saturated heterocycles. The minimum absolute atomic E-state index is 0.249. The van der Waals surface area contributed by atoms with Gasteiger partial charge in [-0.1, -0.05) is 18.2 Å². The van der Waals surface area contributed by atoms with Crippen molar-refractivity contribution in [1.29, 1.82) is 0 Å².